The van der Waals surface area contributed by atoms with Crippen LogP contribution in [0.4, 0.5) is 4.39 Å². The molecule has 104 valence electrons. The standard InChI is InChI=1S/C15H12BrFO3/c1-9-6-11(16)7-12(15(18)19)14(9)20-8-10-4-2-3-5-13(10)17/h2-7H,8H2,1H3,(H,18,19). The molecule has 0 amide bonds. The third-order valence-electron chi connectivity index (χ3n) is 2.80. The van der Waals surface area contributed by atoms with Crippen LogP contribution in [0.5, 0.6) is 5.75 Å². The first-order valence-corrected chi connectivity index (χ1v) is 6.68. The summed E-state index contributed by atoms with van der Waals surface area (Å²) in [6.45, 7) is 1.73. The van der Waals surface area contributed by atoms with Gasteiger partial charge in [-0.25, -0.2) is 9.18 Å². The number of hydrogen-bond acceptors (Lipinski definition) is 2. The number of halogens is 2. The molecule has 0 saturated carbocycles. The van der Waals surface area contributed by atoms with Crippen LogP contribution < -0.4 is 4.74 Å². The van der Waals surface area contributed by atoms with Gasteiger partial charge in [0, 0.05) is 10.0 Å². The second-order valence-electron chi connectivity index (χ2n) is 4.28. The van der Waals surface area contributed by atoms with Gasteiger partial charge < -0.3 is 9.84 Å². The Morgan fingerprint density at radius 1 is 1.35 bits per heavy atom. The number of ether oxygens (including phenoxy) is 1. The molecule has 2 aromatic carbocycles. The summed E-state index contributed by atoms with van der Waals surface area (Å²) in [5.41, 5.74) is 1.10. The number of carboxylic acids is 1. The predicted molar refractivity (Wildman–Crippen MR) is 76.6 cm³/mol. The summed E-state index contributed by atoms with van der Waals surface area (Å²) >= 11 is 3.24. The number of aromatic carboxylic acids is 1. The lowest BCUT2D eigenvalue weighted by Crippen LogP contribution is -2.06. The number of rotatable bonds is 4. The highest BCUT2D eigenvalue weighted by molar-refractivity contribution is 9.10. The third-order valence-corrected chi connectivity index (χ3v) is 3.26. The van der Waals surface area contributed by atoms with Crippen LogP contribution in [-0.2, 0) is 6.61 Å². The second-order valence-corrected chi connectivity index (χ2v) is 5.20. The van der Waals surface area contributed by atoms with Crippen LogP contribution >= 0.6 is 15.9 Å². The summed E-state index contributed by atoms with van der Waals surface area (Å²) in [4.78, 5) is 11.2. The summed E-state index contributed by atoms with van der Waals surface area (Å²) < 4.78 is 19.7. The molecule has 0 fully saturated rings. The molecule has 5 heteroatoms. The van der Waals surface area contributed by atoms with Crippen LogP contribution in [0.15, 0.2) is 40.9 Å². The molecule has 0 bridgehead atoms. The summed E-state index contributed by atoms with van der Waals surface area (Å²) in [6.07, 6.45) is 0. The summed E-state index contributed by atoms with van der Waals surface area (Å²) in [7, 11) is 0. The molecule has 0 aliphatic rings. The van der Waals surface area contributed by atoms with E-state index in [9.17, 15) is 14.3 Å². The zero-order chi connectivity index (χ0) is 14.7. The van der Waals surface area contributed by atoms with Crippen molar-refractivity contribution in [2.75, 3.05) is 0 Å². The van der Waals surface area contributed by atoms with Gasteiger partial charge in [0.15, 0.2) is 0 Å². The van der Waals surface area contributed by atoms with Gasteiger partial charge in [0.2, 0.25) is 0 Å². The van der Waals surface area contributed by atoms with Crippen molar-refractivity contribution >= 4 is 21.9 Å². The zero-order valence-corrected chi connectivity index (χ0v) is 12.3. The van der Waals surface area contributed by atoms with Crippen LogP contribution in [0.3, 0.4) is 0 Å². The first kappa shape index (κ1) is 14.5. The van der Waals surface area contributed by atoms with Gasteiger partial charge in [0.1, 0.15) is 23.7 Å². The van der Waals surface area contributed by atoms with Gasteiger partial charge in [-0.05, 0) is 30.7 Å². The van der Waals surface area contributed by atoms with Crippen molar-refractivity contribution in [3.8, 4) is 5.75 Å². The number of carbonyl (C=O) groups is 1. The molecule has 0 aliphatic carbocycles. The molecule has 0 spiro atoms. The number of carboxylic acid groups (broad SMARTS) is 1. The van der Waals surface area contributed by atoms with Crippen molar-refractivity contribution < 1.29 is 19.0 Å². The van der Waals surface area contributed by atoms with E-state index < -0.39 is 5.97 Å². The Labute approximate surface area is 124 Å². The lowest BCUT2D eigenvalue weighted by molar-refractivity contribution is 0.0691. The molecule has 0 aliphatic heterocycles. The van der Waals surface area contributed by atoms with Crippen molar-refractivity contribution in [3.63, 3.8) is 0 Å². The third kappa shape index (κ3) is 3.17. The summed E-state index contributed by atoms with van der Waals surface area (Å²) in [5.74, 6) is -1.21. The minimum atomic E-state index is -1.09. The van der Waals surface area contributed by atoms with Gasteiger partial charge in [-0.3, -0.25) is 0 Å². The Morgan fingerprint density at radius 2 is 2.05 bits per heavy atom. The van der Waals surface area contributed by atoms with Gasteiger partial charge in [-0.2, -0.15) is 0 Å². The average Bonchev–Trinajstić information content (AvgIpc) is 2.38. The molecule has 20 heavy (non-hydrogen) atoms. The largest absolute Gasteiger partial charge is 0.488 e. The van der Waals surface area contributed by atoms with E-state index in [0.29, 0.717) is 15.6 Å². The molecule has 2 aromatic rings. The second kappa shape index (κ2) is 6.05. The molecule has 0 aromatic heterocycles. The Morgan fingerprint density at radius 3 is 2.70 bits per heavy atom. The van der Waals surface area contributed by atoms with E-state index in [1.54, 1.807) is 31.2 Å². The Hall–Kier alpha value is -1.88. The fourth-order valence-corrected chi connectivity index (χ4v) is 2.42. The molecular weight excluding hydrogens is 327 g/mol. The van der Waals surface area contributed by atoms with Gasteiger partial charge in [-0.1, -0.05) is 34.1 Å². The van der Waals surface area contributed by atoms with E-state index in [1.807, 2.05) is 0 Å². The molecule has 0 saturated heterocycles. The molecular formula is C15H12BrFO3. The van der Waals surface area contributed by atoms with Crippen LogP contribution in [0.25, 0.3) is 0 Å². The number of hydrogen-bond donors (Lipinski definition) is 1. The van der Waals surface area contributed by atoms with E-state index in [2.05, 4.69) is 15.9 Å². The van der Waals surface area contributed by atoms with Gasteiger partial charge in [0.05, 0.1) is 0 Å². The Kier molecular flexibility index (Phi) is 4.39. The van der Waals surface area contributed by atoms with E-state index >= 15 is 0 Å². The van der Waals surface area contributed by atoms with E-state index in [4.69, 9.17) is 4.74 Å². The van der Waals surface area contributed by atoms with Gasteiger partial charge in [-0.15, -0.1) is 0 Å². The van der Waals surface area contributed by atoms with Crippen molar-refractivity contribution in [2.45, 2.75) is 13.5 Å². The first-order valence-electron chi connectivity index (χ1n) is 5.88. The minimum absolute atomic E-state index is 0.0184. The summed E-state index contributed by atoms with van der Waals surface area (Å²) in [5, 5.41) is 9.19. The average molecular weight is 339 g/mol. The quantitative estimate of drug-likeness (QED) is 0.909. The highest BCUT2D eigenvalue weighted by Gasteiger charge is 2.15. The normalized spacial score (nSPS) is 10.3. The van der Waals surface area contributed by atoms with Crippen LogP contribution in [0, 0.1) is 12.7 Å². The number of aryl methyl sites for hydroxylation is 1. The predicted octanol–water partition coefficient (Wildman–Crippen LogP) is 4.17. The Bertz CT molecular complexity index is 656. The van der Waals surface area contributed by atoms with Crippen molar-refractivity contribution in [1.82, 2.24) is 0 Å². The van der Waals surface area contributed by atoms with Crippen LogP contribution in [-0.4, -0.2) is 11.1 Å². The zero-order valence-electron chi connectivity index (χ0n) is 10.7. The van der Waals surface area contributed by atoms with Crippen LogP contribution in [0.2, 0.25) is 0 Å². The molecule has 0 radical (unpaired) electrons. The number of benzene rings is 2. The molecule has 0 unspecified atom stereocenters. The fourth-order valence-electron chi connectivity index (χ4n) is 1.85. The lowest BCUT2D eigenvalue weighted by atomic mass is 10.1. The maximum Gasteiger partial charge on any atom is 0.339 e. The molecule has 3 nitrogen and oxygen atoms in total. The molecule has 2 rings (SSSR count). The molecule has 0 atom stereocenters. The molecule has 1 N–H and O–H groups in total. The van der Waals surface area contributed by atoms with Crippen molar-refractivity contribution in [3.05, 3.63) is 63.4 Å². The maximum atomic E-state index is 13.5. The Balaban J connectivity index is 2.30. The first-order chi connectivity index (χ1) is 9.49. The summed E-state index contributed by atoms with van der Waals surface area (Å²) in [6, 6.07) is 9.45. The van der Waals surface area contributed by atoms with Gasteiger partial charge >= 0.3 is 5.97 Å². The monoisotopic (exact) mass is 338 g/mol. The highest BCUT2D eigenvalue weighted by atomic mass is 79.9. The SMILES string of the molecule is Cc1cc(Br)cc(C(=O)O)c1OCc1ccccc1F. The van der Waals surface area contributed by atoms with E-state index in [0.717, 1.165) is 0 Å². The minimum Gasteiger partial charge on any atom is -0.488 e. The van der Waals surface area contributed by atoms with Crippen molar-refractivity contribution in [2.24, 2.45) is 0 Å². The van der Waals surface area contributed by atoms with Crippen LogP contribution in [0.1, 0.15) is 21.5 Å². The lowest BCUT2D eigenvalue weighted by Gasteiger charge is -2.13. The highest BCUT2D eigenvalue weighted by Crippen LogP contribution is 2.29. The topological polar surface area (TPSA) is 46.5 Å². The van der Waals surface area contributed by atoms with E-state index in [-0.39, 0.29) is 23.7 Å². The smallest absolute Gasteiger partial charge is 0.339 e. The van der Waals surface area contributed by atoms with Gasteiger partial charge in [0.25, 0.3) is 0 Å². The fraction of sp³-hybridized carbons (Fsp3) is 0.133. The maximum absolute atomic E-state index is 13.5. The van der Waals surface area contributed by atoms with Crippen molar-refractivity contribution in [1.29, 1.82) is 0 Å². The molecule has 0 heterocycles. The van der Waals surface area contributed by atoms with E-state index in [1.165, 1.54) is 12.1 Å².